The number of amides is 1. The van der Waals surface area contributed by atoms with Crippen LogP contribution in [0.4, 0.5) is 19.1 Å². The van der Waals surface area contributed by atoms with Crippen LogP contribution in [0.1, 0.15) is 36.2 Å². The number of hydrogen-bond donors (Lipinski definition) is 2. The molecule has 1 amide bonds. The summed E-state index contributed by atoms with van der Waals surface area (Å²) in [5.41, 5.74) is 0.784. The number of halogens is 3. The van der Waals surface area contributed by atoms with Gasteiger partial charge in [0.2, 0.25) is 11.8 Å². The second-order valence-corrected chi connectivity index (χ2v) is 6.90. The Morgan fingerprint density at radius 3 is 2.67 bits per heavy atom. The van der Waals surface area contributed by atoms with E-state index in [0.717, 1.165) is 12.0 Å². The molecule has 30 heavy (non-hydrogen) atoms. The molecule has 0 saturated heterocycles. The van der Waals surface area contributed by atoms with Crippen LogP contribution < -0.4 is 15.4 Å². The minimum absolute atomic E-state index is 0.0414. The third-order valence-corrected chi connectivity index (χ3v) is 4.73. The van der Waals surface area contributed by atoms with Crippen molar-refractivity contribution < 1.29 is 22.7 Å². The molecule has 0 radical (unpaired) electrons. The Kier molecular flexibility index (Phi) is 6.09. The van der Waals surface area contributed by atoms with E-state index in [1.807, 2.05) is 19.1 Å². The number of alkyl halides is 3. The predicted octanol–water partition coefficient (Wildman–Crippen LogP) is 4.93. The number of para-hydroxylation sites is 1. The van der Waals surface area contributed by atoms with E-state index in [1.165, 1.54) is 19.2 Å². The van der Waals surface area contributed by atoms with Crippen LogP contribution in [0, 0.1) is 5.92 Å². The quantitative estimate of drug-likeness (QED) is 0.720. The number of nitrogens with one attached hydrogen (secondary N) is 2. The zero-order valence-corrected chi connectivity index (χ0v) is 16.7. The summed E-state index contributed by atoms with van der Waals surface area (Å²) in [5, 5.41) is 5.35. The van der Waals surface area contributed by atoms with E-state index < -0.39 is 23.5 Å². The second-order valence-electron chi connectivity index (χ2n) is 6.90. The molecule has 0 fully saturated rings. The van der Waals surface area contributed by atoms with Crippen molar-refractivity contribution in [2.75, 3.05) is 12.4 Å². The van der Waals surface area contributed by atoms with Gasteiger partial charge in [-0.05, 0) is 37.5 Å². The van der Waals surface area contributed by atoms with Crippen molar-refractivity contribution >= 4 is 11.9 Å². The van der Waals surface area contributed by atoms with Crippen LogP contribution in [0.2, 0.25) is 0 Å². The molecule has 2 aromatic rings. The average Bonchev–Trinajstić information content (AvgIpc) is 2.70. The lowest BCUT2D eigenvalue weighted by atomic mass is 9.93. The van der Waals surface area contributed by atoms with Crippen LogP contribution >= 0.6 is 0 Å². The fraction of sp³-hybridized carbons (Fsp3) is 0.286. The number of benzene rings is 1. The van der Waals surface area contributed by atoms with E-state index in [-0.39, 0.29) is 17.3 Å². The molecule has 1 aliphatic rings. The molecule has 0 saturated carbocycles. The molecule has 1 aromatic carbocycles. The van der Waals surface area contributed by atoms with Crippen molar-refractivity contribution in [3.05, 3.63) is 65.0 Å². The Morgan fingerprint density at radius 2 is 2.00 bits per heavy atom. The topological polar surface area (TPSA) is 76.1 Å². The summed E-state index contributed by atoms with van der Waals surface area (Å²) in [6.45, 7) is 4.07. The highest BCUT2D eigenvalue weighted by atomic mass is 19.4. The number of aromatic nitrogens is 2. The highest BCUT2D eigenvalue weighted by Crippen LogP contribution is 2.38. The lowest BCUT2D eigenvalue weighted by Gasteiger charge is -2.19. The Bertz CT molecular complexity index is 1020. The van der Waals surface area contributed by atoms with E-state index in [1.54, 1.807) is 12.1 Å². The lowest BCUT2D eigenvalue weighted by Crippen LogP contribution is -2.19. The summed E-state index contributed by atoms with van der Waals surface area (Å²) in [7, 11) is 1.42. The number of allylic oxidation sites excluding steroid dienone is 3. The van der Waals surface area contributed by atoms with Crippen molar-refractivity contribution in [2.24, 2.45) is 5.92 Å². The third kappa shape index (κ3) is 4.79. The maximum Gasteiger partial charge on any atom is 0.423 e. The van der Waals surface area contributed by atoms with Crippen molar-refractivity contribution in [1.82, 2.24) is 15.3 Å². The molecule has 1 atom stereocenters. The summed E-state index contributed by atoms with van der Waals surface area (Å²) in [6, 6.07) is 5.98. The number of anilines is 1. The first-order valence-electron chi connectivity index (χ1n) is 9.27. The third-order valence-electron chi connectivity index (χ3n) is 4.73. The van der Waals surface area contributed by atoms with Gasteiger partial charge in [-0.1, -0.05) is 30.7 Å². The molecule has 158 valence electrons. The van der Waals surface area contributed by atoms with Gasteiger partial charge in [-0.2, -0.15) is 18.2 Å². The van der Waals surface area contributed by atoms with Crippen LogP contribution in [-0.4, -0.2) is 22.9 Å². The number of carbonyl (C=O) groups is 1. The van der Waals surface area contributed by atoms with E-state index in [0.29, 0.717) is 17.8 Å². The maximum absolute atomic E-state index is 13.5. The number of nitrogens with zero attached hydrogens (tertiary/aromatic N) is 2. The van der Waals surface area contributed by atoms with Gasteiger partial charge in [0.05, 0.1) is 5.56 Å². The standard InChI is InChI=1S/C21H21F3N4O2/c1-12-8-9-14(10-13(12)2)27-20-26-11-16(21(22,23)24)19(28-20)30-17-7-5-4-6-15(17)18(29)25-3/h4-7,9-12H,8H2,1-3H3,(H,25,29)(H,26,27,28). The molecule has 1 unspecified atom stereocenters. The number of rotatable bonds is 5. The Labute approximate surface area is 171 Å². The number of hydrogen-bond acceptors (Lipinski definition) is 5. The summed E-state index contributed by atoms with van der Waals surface area (Å²) >= 11 is 0. The van der Waals surface area contributed by atoms with Crippen LogP contribution in [-0.2, 0) is 6.18 Å². The first-order chi connectivity index (χ1) is 14.2. The van der Waals surface area contributed by atoms with Gasteiger partial charge in [0, 0.05) is 18.9 Å². The van der Waals surface area contributed by atoms with Crippen LogP contribution in [0.3, 0.4) is 0 Å². The van der Waals surface area contributed by atoms with E-state index in [4.69, 9.17) is 4.74 Å². The fourth-order valence-corrected chi connectivity index (χ4v) is 2.83. The number of ether oxygens (including phenoxy) is 1. The first kappa shape index (κ1) is 21.4. The minimum atomic E-state index is -4.73. The minimum Gasteiger partial charge on any atom is -0.437 e. The van der Waals surface area contributed by atoms with Gasteiger partial charge in [-0.3, -0.25) is 4.79 Å². The summed E-state index contributed by atoms with van der Waals surface area (Å²) in [5.74, 6) is -0.881. The monoisotopic (exact) mass is 418 g/mol. The fourth-order valence-electron chi connectivity index (χ4n) is 2.83. The molecule has 1 aromatic heterocycles. The van der Waals surface area contributed by atoms with Crippen LogP contribution in [0.15, 0.2) is 53.9 Å². The summed E-state index contributed by atoms with van der Waals surface area (Å²) < 4.78 is 45.9. The van der Waals surface area contributed by atoms with Crippen molar-refractivity contribution in [3.63, 3.8) is 0 Å². The predicted molar refractivity (Wildman–Crippen MR) is 106 cm³/mol. The van der Waals surface area contributed by atoms with E-state index in [9.17, 15) is 18.0 Å². The van der Waals surface area contributed by atoms with E-state index in [2.05, 4.69) is 27.5 Å². The first-order valence-corrected chi connectivity index (χ1v) is 9.27. The number of carbonyl (C=O) groups excluding carboxylic acids is 1. The Morgan fingerprint density at radius 1 is 1.27 bits per heavy atom. The van der Waals surface area contributed by atoms with Gasteiger partial charge in [0.1, 0.15) is 11.3 Å². The Balaban J connectivity index is 1.97. The molecule has 1 aliphatic carbocycles. The second kappa shape index (κ2) is 8.56. The van der Waals surface area contributed by atoms with Gasteiger partial charge in [0.15, 0.2) is 0 Å². The van der Waals surface area contributed by atoms with Crippen LogP contribution in [0.25, 0.3) is 0 Å². The van der Waals surface area contributed by atoms with Crippen molar-refractivity contribution in [3.8, 4) is 11.6 Å². The van der Waals surface area contributed by atoms with Crippen molar-refractivity contribution in [2.45, 2.75) is 26.4 Å². The molecular formula is C21H21F3N4O2. The molecule has 3 rings (SSSR count). The largest absolute Gasteiger partial charge is 0.437 e. The molecule has 0 spiro atoms. The van der Waals surface area contributed by atoms with Gasteiger partial charge >= 0.3 is 6.18 Å². The van der Waals surface area contributed by atoms with Gasteiger partial charge < -0.3 is 15.4 Å². The highest BCUT2D eigenvalue weighted by Gasteiger charge is 2.37. The van der Waals surface area contributed by atoms with Crippen LogP contribution in [0.5, 0.6) is 11.6 Å². The van der Waals surface area contributed by atoms with Gasteiger partial charge in [-0.25, -0.2) is 4.98 Å². The highest BCUT2D eigenvalue weighted by molar-refractivity contribution is 5.96. The normalized spacial score (nSPS) is 16.4. The smallest absolute Gasteiger partial charge is 0.423 e. The summed E-state index contributed by atoms with van der Waals surface area (Å²) in [6.07, 6.45) is 0.562. The van der Waals surface area contributed by atoms with Gasteiger partial charge in [0.25, 0.3) is 5.91 Å². The molecule has 0 bridgehead atoms. The van der Waals surface area contributed by atoms with Crippen molar-refractivity contribution in [1.29, 1.82) is 0 Å². The van der Waals surface area contributed by atoms with Gasteiger partial charge in [-0.15, -0.1) is 0 Å². The molecule has 2 N–H and O–H groups in total. The summed E-state index contributed by atoms with van der Waals surface area (Å²) in [4.78, 5) is 19.7. The van der Waals surface area contributed by atoms with E-state index >= 15 is 0 Å². The lowest BCUT2D eigenvalue weighted by molar-refractivity contribution is -0.139. The molecular weight excluding hydrogens is 397 g/mol. The Hall–Kier alpha value is -3.36. The molecule has 0 aliphatic heterocycles. The zero-order valence-electron chi connectivity index (χ0n) is 16.7. The zero-order chi connectivity index (χ0) is 21.9. The molecule has 6 nitrogen and oxygen atoms in total. The molecule has 1 heterocycles. The maximum atomic E-state index is 13.5. The average molecular weight is 418 g/mol. The molecule has 9 heteroatoms. The SMILES string of the molecule is CNC(=O)c1ccccc1Oc1nc(NC2=CCC(C)C(C)=C2)ncc1C(F)(F)F.